The Morgan fingerprint density at radius 1 is 1.07 bits per heavy atom. The van der Waals surface area contributed by atoms with Gasteiger partial charge in [-0.3, -0.25) is 0 Å². The zero-order chi connectivity index (χ0) is 19.0. The summed E-state index contributed by atoms with van der Waals surface area (Å²) < 4.78 is 14.4. The topological polar surface area (TPSA) is 68.2 Å². The van der Waals surface area contributed by atoms with E-state index in [9.17, 15) is 4.39 Å². The van der Waals surface area contributed by atoms with E-state index in [1.54, 1.807) is 18.3 Å². The van der Waals surface area contributed by atoms with Crippen LogP contribution >= 0.6 is 11.6 Å². The van der Waals surface area contributed by atoms with Gasteiger partial charge in [-0.1, -0.05) is 23.7 Å². The number of nitrogens with two attached hydrogens (primary N) is 2. The lowest BCUT2D eigenvalue weighted by Crippen LogP contribution is -2.26. The first-order valence-electron chi connectivity index (χ1n) is 8.83. The molecule has 0 radical (unpaired) electrons. The first kappa shape index (κ1) is 17.8. The van der Waals surface area contributed by atoms with Crippen LogP contribution in [0.25, 0.3) is 22.3 Å². The first-order chi connectivity index (χ1) is 13.0. The maximum absolute atomic E-state index is 14.4. The molecule has 4 N–H and O–H groups in total. The molecule has 1 fully saturated rings. The number of nitrogens with zero attached hydrogens (tertiary/aromatic N) is 2. The number of anilines is 2. The molecule has 3 aromatic rings. The second-order valence-corrected chi connectivity index (χ2v) is 7.26. The average molecular weight is 383 g/mol. The van der Waals surface area contributed by atoms with Crippen LogP contribution in [0.5, 0.6) is 0 Å². The lowest BCUT2D eigenvalue weighted by Gasteiger charge is -2.18. The smallest absolute Gasteiger partial charge is 0.129 e. The van der Waals surface area contributed by atoms with Crippen LogP contribution in [0.15, 0.2) is 54.7 Å². The molecule has 0 saturated carbocycles. The Morgan fingerprint density at radius 3 is 2.48 bits per heavy atom. The lowest BCUT2D eigenvalue weighted by atomic mass is 9.96. The third kappa shape index (κ3) is 3.61. The third-order valence-electron chi connectivity index (χ3n) is 4.89. The molecule has 1 aromatic heterocycles. The monoisotopic (exact) mass is 382 g/mol. The van der Waals surface area contributed by atoms with Gasteiger partial charge in [-0.05, 0) is 53.9 Å². The predicted molar refractivity (Wildman–Crippen MR) is 109 cm³/mol. The molecule has 4 rings (SSSR count). The number of nitrogen functional groups attached to an aromatic ring is 1. The summed E-state index contributed by atoms with van der Waals surface area (Å²) in [5, 5.41) is 0.578. The highest BCUT2D eigenvalue weighted by molar-refractivity contribution is 6.30. The quantitative estimate of drug-likeness (QED) is 0.661. The van der Waals surface area contributed by atoms with Gasteiger partial charge in [-0.2, -0.15) is 0 Å². The van der Waals surface area contributed by atoms with E-state index in [0.29, 0.717) is 21.8 Å². The Labute approximate surface area is 162 Å². The molecule has 2 aromatic carbocycles. The van der Waals surface area contributed by atoms with Gasteiger partial charge < -0.3 is 16.4 Å². The van der Waals surface area contributed by atoms with E-state index in [4.69, 9.17) is 23.1 Å². The van der Waals surface area contributed by atoms with Crippen molar-refractivity contribution >= 4 is 23.1 Å². The van der Waals surface area contributed by atoms with Gasteiger partial charge in [-0.25, -0.2) is 9.37 Å². The Hall–Kier alpha value is -2.63. The zero-order valence-electron chi connectivity index (χ0n) is 14.7. The van der Waals surface area contributed by atoms with Gasteiger partial charge in [0.05, 0.1) is 0 Å². The minimum Gasteiger partial charge on any atom is -0.398 e. The number of halogens is 2. The molecule has 1 atom stereocenters. The molecule has 27 heavy (non-hydrogen) atoms. The standard InChI is InChI=1S/C21H20ClFN4/c22-15-3-1-2-13(8-15)18-10-16(23)11-19(21(18)25)14-4-6-26-20(9-14)27-7-5-17(24)12-27/h1-4,6,8-11,17H,5,7,12,24-25H2. The predicted octanol–water partition coefficient (Wildman–Crippen LogP) is 4.33. The summed E-state index contributed by atoms with van der Waals surface area (Å²) >= 11 is 6.09. The van der Waals surface area contributed by atoms with Crippen LogP contribution < -0.4 is 16.4 Å². The second-order valence-electron chi connectivity index (χ2n) is 6.82. The Bertz CT molecular complexity index is 992. The molecule has 0 aliphatic carbocycles. The minimum absolute atomic E-state index is 0.157. The van der Waals surface area contributed by atoms with Gasteiger partial charge >= 0.3 is 0 Å². The Morgan fingerprint density at radius 2 is 1.81 bits per heavy atom. The molecule has 4 nitrogen and oxygen atoms in total. The van der Waals surface area contributed by atoms with Crippen molar-refractivity contribution in [3.8, 4) is 22.3 Å². The van der Waals surface area contributed by atoms with Crippen molar-refractivity contribution in [1.82, 2.24) is 4.98 Å². The number of pyridine rings is 1. The molecule has 6 heteroatoms. The molecule has 138 valence electrons. The number of benzene rings is 2. The molecule has 0 spiro atoms. The molecular weight excluding hydrogens is 363 g/mol. The van der Waals surface area contributed by atoms with E-state index in [1.165, 1.54) is 12.1 Å². The minimum atomic E-state index is -0.351. The van der Waals surface area contributed by atoms with Crippen LogP contribution in [0.3, 0.4) is 0 Å². The number of hydrogen-bond acceptors (Lipinski definition) is 4. The third-order valence-corrected chi connectivity index (χ3v) is 5.12. The molecule has 1 saturated heterocycles. The normalized spacial score (nSPS) is 16.7. The van der Waals surface area contributed by atoms with Gasteiger partial charge in [0.1, 0.15) is 11.6 Å². The molecule has 0 bridgehead atoms. The Kier molecular flexibility index (Phi) is 4.72. The van der Waals surface area contributed by atoms with Crippen molar-refractivity contribution in [3.63, 3.8) is 0 Å². The molecule has 2 heterocycles. The van der Waals surface area contributed by atoms with Crippen LogP contribution in [0.1, 0.15) is 6.42 Å². The van der Waals surface area contributed by atoms with Crippen LogP contribution in [0.2, 0.25) is 5.02 Å². The number of hydrogen-bond donors (Lipinski definition) is 2. The van der Waals surface area contributed by atoms with E-state index >= 15 is 0 Å². The molecular formula is C21H20ClFN4. The average Bonchev–Trinajstić information content (AvgIpc) is 3.10. The fraction of sp³-hybridized carbons (Fsp3) is 0.190. The van der Waals surface area contributed by atoms with Crippen molar-refractivity contribution in [2.75, 3.05) is 23.7 Å². The van der Waals surface area contributed by atoms with Crippen molar-refractivity contribution in [2.24, 2.45) is 5.73 Å². The van der Waals surface area contributed by atoms with E-state index in [2.05, 4.69) is 9.88 Å². The van der Waals surface area contributed by atoms with E-state index in [-0.39, 0.29) is 11.9 Å². The second kappa shape index (κ2) is 7.18. The van der Waals surface area contributed by atoms with Gasteiger partial charge in [0, 0.05) is 47.2 Å². The highest BCUT2D eigenvalue weighted by Gasteiger charge is 2.21. The van der Waals surface area contributed by atoms with E-state index in [0.717, 1.165) is 36.5 Å². The zero-order valence-corrected chi connectivity index (χ0v) is 15.5. The van der Waals surface area contributed by atoms with Crippen LogP contribution in [-0.2, 0) is 0 Å². The van der Waals surface area contributed by atoms with Gasteiger partial charge in [0.15, 0.2) is 0 Å². The molecule has 1 aliphatic rings. The lowest BCUT2D eigenvalue weighted by molar-refractivity contribution is 0.629. The van der Waals surface area contributed by atoms with Crippen molar-refractivity contribution in [3.05, 3.63) is 65.6 Å². The van der Waals surface area contributed by atoms with Crippen LogP contribution in [-0.4, -0.2) is 24.1 Å². The summed E-state index contributed by atoms with van der Waals surface area (Å²) in [6.45, 7) is 1.63. The summed E-state index contributed by atoms with van der Waals surface area (Å²) in [6.07, 6.45) is 2.66. The maximum atomic E-state index is 14.4. The van der Waals surface area contributed by atoms with Crippen LogP contribution in [0.4, 0.5) is 15.9 Å². The van der Waals surface area contributed by atoms with Gasteiger partial charge in [0.25, 0.3) is 0 Å². The van der Waals surface area contributed by atoms with Gasteiger partial charge in [-0.15, -0.1) is 0 Å². The summed E-state index contributed by atoms with van der Waals surface area (Å²) in [5.41, 5.74) is 15.8. The highest BCUT2D eigenvalue weighted by atomic mass is 35.5. The summed E-state index contributed by atoms with van der Waals surface area (Å²) in [4.78, 5) is 6.58. The number of rotatable bonds is 3. The summed E-state index contributed by atoms with van der Waals surface area (Å²) in [7, 11) is 0. The molecule has 1 unspecified atom stereocenters. The molecule has 0 amide bonds. The van der Waals surface area contributed by atoms with E-state index in [1.807, 2.05) is 24.3 Å². The maximum Gasteiger partial charge on any atom is 0.129 e. The first-order valence-corrected chi connectivity index (χ1v) is 9.21. The summed E-state index contributed by atoms with van der Waals surface area (Å²) in [5.74, 6) is 0.476. The largest absolute Gasteiger partial charge is 0.398 e. The summed E-state index contributed by atoms with van der Waals surface area (Å²) in [6, 6.07) is 14.1. The van der Waals surface area contributed by atoms with Crippen LogP contribution in [0, 0.1) is 5.82 Å². The Balaban J connectivity index is 1.78. The fourth-order valence-electron chi connectivity index (χ4n) is 3.51. The SMILES string of the molecule is Nc1c(-c2cccc(Cl)c2)cc(F)cc1-c1ccnc(N2CCC(N)C2)c1. The van der Waals surface area contributed by atoms with Crippen molar-refractivity contribution in [2.45, 2.75) is 12.5 Å². The van der Waals surface area contributed by atoms with Crippen molar-refractivity contribution < 1.29 is 4.39 Å². The van der Waals surface area contributed by atoms with Crippen molar-refractivity contribution in [1.29, 1.82) is 0 Å². The molecule has 1 aliphatic heterocycles. The van der Waals surface area contributed by atoms with E-state index < -0.39 is 0 Å². The number of aromatic nitrogens is 1. The van der Waals surface area contributed by atoms with Gasteiger partial charge in [0.2, 0.25) is 0 Å². The fourth-order valence-corrected chi connectivity index (χ4v) is 3.70. The highest BCUT2D eigenvalue weighted by Crippen LogP contribution is 2.37.